The van der Waals surface area contributed by atoms with Crippen molar-refractivity contribution in [3.05, 3.63) is 52.2 Å². The van der Waals surface area contributed by atoms with Crippen molar-refractivity contribution in [2.24, 2.45) is 0 Å². The van der Waals surface area contributed by atoms with Crippen LogP contribution in [0.1, 0.15) is 11.6 Å². The fraction of sp³-hybridized carbons (Fsp3) is 0.154. The van der Waals surface area contributed by atoms with Crippen LogP contribution in [0.3, 0.4) is 0 Å². The molecule has 2 heterocycles. The summed E-state index contributed by atoms with van der Waals surface area (Å²) in [6.45, 7) is 0.559. The van der Waals surface area contributed by atoms with Crippen LogP contribution in [0.2, 0.25) is 10.0 Å². The number of benzene rings is 1. The molecule has 6 heteroatoms. The highest BCUT2D eigenvalue weighted by molar-refractivity contribution is 6.42. The maximum Gasteiger partial charge on any atom is 0.125 e. The summed E-state index contributed by atoms with van der Waals surface area (Å²) in [5, 5.41) is 0.980. The van der Waals surface area contributed by atoms with Crippen molar-refractivity contribution in [2.75, 3.05) is 0 Å². The normalized spacial score (nSPS) is 11.3. The number of rotatable bonds is 3. The fourth-order valence-corrected chi connectivity index (χ4v) is 2.53. The van der Waals surface area contributed by atoms with Gasteiger partial charge in [-0.05, 0) is 24.3 Å². The summed E-state index contributed by atoms with van der Waals surface area (Å²) in [5.74, 6) is 1.90. The second-order valence-electron chi connectivity index (χ2n) is 4.08. The van der Waals surface area contributed by atoms with Crippen molar-refractivity contribution in [3.63, 3.8) is 0 Å². The van der Waals surface area contributed by atoms with Crippen molar-refractivity contribution in [3.8, 4) is 0 Å². The summed E-state index contributed by atoms with van der Waals surface area (Å²) in [5.41, 5.74) is 1.66. The third kappa shape index (κ3) is 2.34. The van der Waals surface area contributed by atoms with Crippen LogP contribution in [0.25, 0.3) is 11.0 Å². The van der Waals surface area contributed by atoms with Crippen LogP contribution in [0.4, 0.5) is 0 Å². The van der Waals surface area contributed by atoms with Crippen LogP contribution >= 0.6 is 34.8 Å². The quantitative estimate of drug-likeness (QED) is 0.655. The van der Waals surface area contributed by atoms with Gasteiger partial charge in [-0.15, -0.1) is 11.6 Å². The molecule has 3 aromatic rings. The molecule has 0 unspecified atom stereocenters. The Kier molecular flexibility index (Phi) is 3.44. The Balaban J connectivity index is 2.17. The van der Waals surface area contributed by atoms with E-state index in [-0.39, 0.29) is 0 Å². The minimum atomic E-state index is 0.310. The Morgan fingerprint density at radius 1 is 1.21 bits per heavy atom. The van der Waals surface area contributed by atoms with Gasteiger partial charge in [0.1, 0.15) is 11.6 Å². The first-order valence-corrected chi connectivity index (χ1v) is 6.90. The van der Waals surface area contributed by atoms with Gasteiger partial charge in [-0.25, -0.2) is 4.98 Å². The number of aromatic nitrogens is 2. The van der Waals surface area contributed by atoms with Crippen molar-refractivity contribution in [1.29, 1.82) is 0 Å². The molecule has 0 aliphatic heterocycles. The average molecular weight is 316 g/mol. The molecule has 0 saturated heterocycles. The van der Waals surface area contributed by atoms with E-state index in [1.807, 2.05) is 16.7 Å². The highest BCUT2D eigenvalue weighted by Crippen LogP contribution is 2.29. The van der Waals surface area contributed by atoms with E-state index in [9.17, 15) is 0 Å². The fourth-order valence-electron chi connectivity index (χ4n) is 2.01. The number of imidazole rings is 1. The maximum absolute atomic E-state index is 6.06. The Bertz CT molecular complexity index is 719. The van der Waals surface area contributed by atoms with Crippen molar-refractivity contribution >= 4 is 45.8 Å². The Labute approximate surface area is 124 Å². The highest BCUT2D eigenvalue weighted by Gasteiger charge is 2.13. The smallest absolute Gasteiger partial charge is 0.125 e. The monoisotopic (exact) mass is 314 g/mol. The SMILES string of the molecule is ClCc1nc2cc(Cl)c(Cl)cc2n1Cc1ccco1. The molecule has 0 radical (unpaired) electrons. The number of halogens is 3. The molecule has 3 nitrogen and oxygen atoms in total. The maximum atomic E-state index is 6.06. The number of fused-ring (bicyclic) bond motifs is 1. The van der Waals surface area contributed by atoms with E-state index in [0.717, 1.165) is 22.6 Å². The molecule has 0 atom stereocenters. The number of nitrogens with zero attached hydrogens (tertiary/aromatic N) is 2. The van der Waals surface area contributed by atoms with E-state index in [2.05, 4.69) is 4.98 Å². The van der Waals surface area contributed by atoms with Crippen molar-refractivity contribution in [2.45, 2.75) is 12.4 Å². The minimum absolute atomic E-state index is 0.310. The zero-order chi connectivity index (χ0) is 13.4. The molecule has 0 bridgehead atoms. The lowest BCUT2D eigenvalue weighted by atomic mass is 10.3. The number of hydrogen-bond acceptors (Lipinski definition) is 2. The molecular formula is C13H9Cl3N2O. The first-order chi connectivity index (χ1) is 9.19. The van der Waals surface area contributed by atoms with E-state index in [4.69, 9.17) is 39.2 Å². The second-order valence-corrected chi connectivity index (χ2v) is 5.16. The predicted molar refractivity (Wildman–Crippen MR) is 77.1 cm³/mol. The highest BCUT2D eigenvalue weighted by atomic mass is 35.5. The van der Waals surface area contributed by atoms with Crippen molar-refractivity contribution < 1.29 is 4.42 Å². The topological polar surface area (TPSA) is 31.0 Å². The third-order valence-electron chi connectivity index (χ3n) is 2.88. The molecule has 0 aliphatic rings. The molecule has 0 fully saturated rings. The van der Waals surface area contributed by atoms with Crippen molar-refractivity contribution in [1.82, 2.24) is 9.55 Å². The van der Waals surface area contributed by atoms with Crippen LogP contribution in [-0.2, 0) is 12.4 Å². The van der Waals surface area contributed by atoms with Gasteiger partial charge in [-0.1, -0.05) is 23.2 Å². The summed E-state index contributed by atoms with van der Waals surface area (Å²) in [6, 6.07) is 7.29. The predicted octanol–water partition coefficient (Wildman–Crippen LogP) is 4.72. The summed E-state index contributed by atoms with van der Waals surface area (Å²) in [7, 11) is 0. The van der Waals surface area contributed by atoms with E-state index < -0.39 is 0 Å². The number of furan rings is 1. The molecule has 0 aliphatic carbocycles. The first-order valence-electron chi connectivity index (χ1n) is 5.61. The molecule has 0 N–H and O–H groups in total. The van der Waals surface area contributed by atoms with Crippen LogP contribution < -0.4 is 0 Å². The molecule has 0 amide bonds. The van der Waals surface area contributed by atoms with Crippen LogP contribution in [0.5, 0.6) is 0 Å². The molecule has 19 heavy (non-hydrogen) atoms. The molecule has 0 spiro atoms. The second kappa shape index (κ2) is 5.08. The lowest BCUT2D eigenvalue weighted by Crippen LogP contribution is -2.02. The van der Waals surface area contributed by atoms with Gasteiger partial charge in [-0.3, -0.25) is 0 Å². The molecular weight excluding hydrogens is 307 g/mol. The zero-order valence-electron chi connectivity index (χ0n) is 9.74. The Hall–Kier alpha value is -1.16. The standard InChI is InChI=1S/C13H9Cl3N2O/c14-6-13-17-11-4-9(15)10(16)5-12(11)18(13)7-8-2-1-3-19-8/h1-5H,6-7H2. The van der Waals surface area contributed by atoms with Gasteiger partial charge in [0.15, 0.2) is 0 Å². The van der Waals surface area contributed by atoms with Gasteiger partial charge >= 0.3 is 0 Å². The van der Waals surface area contributed by atoms with E-state index in [1.165, 1.54) is 0 Å². The van der Waals surface area contributed by atoms with E-state index in [1.54, 1.807) is 18.4 Å². The van der Waals surface area contributed by atoms with Gasteiger partial charge in [0.2, 0.25) is 0 Å². The van der Waals surface area contributed by atoms with Gasteiger partial charge < -0.3 is 8.98 Å². The number of alkyl halides is 1. The molecule has 2 aromatic heterocycles. The lowest BCUT2D eigenvalue weighted by molar-refractivity contribution is 0.493. The van der Waals surface area contributed by atoms with Crippen LogP contribution in [0, 0.1) is 0 Å². The lowest BCUT2D eigenvalue weighted by Gasteiger charge is -2.05. The van der Waals surface area contributed by atoms with Gasteiger partial charge in [0, 0.05) is 0 Å². The number of hydrogen-bond donors (Lipinski definition) is 0. The van der Waals surface area contributed by atoms with E-state index in [0.29, 0.717) is 22.5 Å². The minimum Gasteiger partial charge on any atom is -0.467 e. The largest absolute Gasteiger partial charge is 0.467 e. The first kappa shape index (κ1) is 12.9. The van der Waals surface area contributed by atoms with E-state index >= 15 is 0 Å². The average Bonchev–Trinajstić information content (AvgIpc) is 3.00. The Morgan fingerprint density at radius 2 is 2.00 bits per heavy atom. The van der Waals surface area contributed by atoms with Crippen LogP contribution in [0.15, 0.2) is 34.9 Å². The molecule has 3 rings (SSSR count). The van der Waals surface area contributed by atoms with Crippen LogP contribution in [-0.4, -0.2) is 9.55 Å². The summed E-state index contributed by atoms with van der Waals surface area (Å²) < 4.78 is 7.33. The summed E-state index contributed by atoms with van der Waals surface area (Å²) in [4.78, 5) is 4.46. The third-order valence-corrected chi connectivity index (χ3v) is 3.84. The molecule has 98 valence electrons. The summed E-state index contributed by atoms with van der Waals surface area (Å²) in [6.07, 6.45) is 1.64. The van der Waals surface area contributed by atoms with Gasteiger partial charge in [0.05, 0.1) is 39.8 Å². The summed E-state index contributed by atoms with van der Waals surface area (Å²) >= 11 is 18.0. The van der Waals surface area contributed by atoms with Gasteiger partial charge in [0.25, 0.3) is 0 Å². The molecule has 1 aromatic carbocycles. The molecule has 0 saturated carbocycles. The van der Waals surface area contributed by atoms with Gasteiger partial charge in [-0.2, -0.15) is 0 Å². The zero-order valence-corrected chi connectivity index (χ0v) is 12.0. The Morgan fingerprint density at radius 3 is 2.68 bits per heavy atom.